The van der Waals surface area contributed by atoms with E-state index in [4.69, 9.17) is 150 Å². The first kappa shape index (κ1) is 100. The van der Waals surface area contributed by atoms with Gasteiger partial charge in [0.25, 0.3) is 16.7 Å². The van der Waals surface area contributed by atoms with Crippen molar-refractivity contribution in [1.29, 1.82) is 15.8 Å². The number of nitrogens with zero attached hydrogens (tertiary/aromatic N) is 18. The summed E-state index contributed by atoms with van der Waals surface area (Å²) < 4.78 is 64.0. The van der Waals surface area contributed by atoms with Gasteiger partial charge in [0.15, 0.2) is 23.3 Å². The SMILES string of the molecule is C=CC(=O)N1CCN(c2c(C#N)c(=O)n(-c3c(C)ccnc3C(C)C)c3nc(-c4c(N)c(Cl)c(Cl)c(Cl)c4Cl)c(Cl)cc23)CC1.C=CC(=O)N1CCN(c2c(C#N)c(=O)n(-c3c(C)ccnc3C(C)C)c3nc(-c4c(N)c(Cl)c(F)c(Cl)c4F)c(Cl)cc23)CC1.C=CC(=O)N1CCN(c2c(C#N)c(=O)n(-c3c(C)ccnc3C(C)C)c3nc(-c4c(N)c(Cl)c(F)c(Cl)c4F)c(Cl)cc23)CC1. The molecule has 15 rings (SSSR count). The molecule has 0 saturated carbocycles. The van der Waals surface area contributed by atoms with E-state index in [1.54, 1.807) is 81.2 Å². The van der Waals surface area contributed by atoms with Gasteiger partial charge >= 0.3 is 0 Å². The largest absolute Gasteiger partial charge is 0.397 e. The van der Waals surface area contributed by atoms with E-state index in [0.29, 0.717) is 119 Å². The smallest absolute Gasteiger partial charge is 0.276 e. The molecule has 0 bridgehead atoms. The van der Waals surface area contributed by atoms with Crippen LogP contribution >= 0.6 is 128 Å². The van der Waals surface area contributed by atoms with Crippen molar-refractivity contribution >= 4 is 213 Å². The van der Waals surface area contributed by atoms with Gasteiger partial charge in [0.2, 0.25) is 17.7 Å². The number of nitrogen functional groups attached to an aromatic ring is 3. The zero-order valence-corrected chi connectivity index (χ0v) is 81.5. The number of carbonyl (C=O) groups excluding carboxylic acids is 3. The van der Waals surface area contributed by atoms with Crippen LogP contribution in [0.3, 0.4) is 0 Å². The average molecular weight is 2050 g/mol. The van der Waals surface area contributed by atoms with Gasteiger partial charge in [-0.1, -0.05) is 189 Å². The van der Waals surface area contributed by atoms with Crippen LogP contribution in [0.2, 0.25) is 55.2 Å². The first-order chi connectivity index (χ1) is 64.0. The Morgan fingerprint density at radius 1 is 0.378 bits per heavy atom. The average Bonchev–Trinajstić information content (AvgIpc) is 0.728. The minimum Gasteiger partial charge on any atom is -0.397 e. The summed E-state index contributed by atoms with van der Waals surface area (Å²) in [5.74, 6) is -6.05. The van der Waals surface area contributed by atoms with Gasteiger partial charge in [-0.25, -0.2) is 32.5 Å². The molecule has 0 spiro atoms. The molecule has 3 aliphatic rings. The van der Waals surface area contributed by atoms with Crippen molar-refractivity contribution in [2.45, 2.75) is 80.1 Å². The van der Waals surface area contributed by atoms with E-state index in [-0.39, 0.29) is 170 Å². The fraction of sp³-hybridized carbons (Fsp3) is 0.258. The maximum Gasteiger partial charge on any atom is 0.276 e. The Morgan fingerprint density at radius 3 is 0.881 bits per heavy atom. The van der Waals surface area contributed by atoms with Crippen LogP contribution in [0.1, 0.15) is 110 Å². The molecule has 3 amide bonds. The van der Waals surface area contributed by atoms with Crippen molar-refractivity contribution in [3.63, 3.8) is 0 Å². The zero-order chi connectivity index (χ0) is 98.7. The highest BCUT2D eigenvalue weighted by atomic mass is 35.5. The molecule has 27 nitrogen and oxygen atoms in total. The lowest BCUT2D eigenvalue weighted by Crippen LogP contribution is -2.49. The Balaban J connectivity index is 0.000000171. The number of rotatable bonds is 15. The molecular weight excluding hydrogens is 1970 g/mol. The molecule has 12 heterocycles. The second-order valence-electron chi connectivity index (χ2n) is 32.2. The van der Waals surface area contributed by atoms with Crippen LogP contribution < -0.4 is 48.6 Å². The monoisotopic (exact) mass is 2050 g/mol. The molecule has 0 aliphatic carbocycles. The number of anilines is 6. The minimum atomic E-state index is -1.24. The number of hydrogen-bond acceptors (Lipinski definition) is 21. The Bertz CT molecular complexity index is 6640. The number of amides is 3. The molecule has 3 aliphatic heterocycles. The fourth-order valence-corrected chi connectivity index (χ4v) is 19.1. The van der Waals surface area contributed by atoms with Gasteiger partial charge in [0, 0.05) is 119 Å². The van der Waals surface area contributed by atoms with Crippen LogP contribution in [0.15, 0.2) is 107 Å². The van der Waals surface area contributed by atoms with Gasteiger partial charge in [0.05, 0.1) is 132 Å². The number of fused-ring (bicyclic) bond motifs is 3. The van der Waals surface area contributed by atoms with Crippen molar-refractivity contribution in [2.24, 2.45) is 0 Å². The number of nitriles is 3. The number of pyridine rings is 9. The number of piperazine rings is 3. The standard InChI is InChI=1S/C31H26Cl5N7O2.2C31H26Cl3F2N7O2/c1-5-19(44)41-8-10-42(11-9-41)29-16-12-18(32)27(20-21(33)22(34)23(35)24(36)25(20)38)40-30(16)43(31(45)17(29)13-37)28-15(4)6-7-39-26(28)14(2)3;2*1-5-19(44)41-8-10-42(11-9-41)29-16-12-18(32)27(20-23(35)21(33)24(36)22(34)25(20)38)40-30(16)43(31(45)17(29)13-37)28-15(4)6-7-39-26(28)14(2)3/h3*5-7,12,14H,1,8-11,38H2,2-4H3. The number of hydrogen-bond donors (Lipinski definition) is 3. The van der Waals surface area contributed by atoms with Gasteiger partial charge < -0.3 is 46.6 Å². The normalized spacial score (nSPS) is 13.4. The summed E-state index contributed by atoms with van der Waals surface area (Å²) in [6.07, 6.45) is 8.59. The zero-order valence-electron chi connectivity index (χ0n) is 73.2. The van der Waals surface area contributed by atoms with E-state index in [2.05, 4.69) is 62.9 Å². The summed E-state index contributed by atoms with van der Waals surface area (Å²) in [5.41, 5.74) is 19.9. The summed E-state index contributed by atoms with van der Waals surface area (Å²) >= 11 is 70.0. The second-order valence-corrected chi connectivity index (χ2v) is 36.5. The van der Waals surface area contributed by atoms with E-state index in [1.165, 1.54) is 44.1 Å². The van der Waals surface area contributed by atoms with E-state index in [9.17, 15) is 53.3 Å². The maximum absolute atomic E-state index is 15.5. The Labute approximate surface area is 824 Å². The van der Waals surface area contributed by atoms with E-state index >= 15 is 8.78 Å². The minimum absolute atomic E-state index is 0.00369. The van der Waals surface area contributed by atoms with Crippen LogP contribution in [-0.4, -0.2) is 155 Å². The first-order valence-corrected chi connectivity index (χ1v) is 45.5. The number of halogens is 15. The van der Waals surface area contributed by atoms with Crippen molar-refractivity contribution in [1.82, 2.24) is 58.3 Å². The Kier molecular flexibility index (Phi) is 30.1. The number of carbonyl (C=O) groups is 3. The van der Waals surface area contributed by atoms with Crippen molar-refractivity contribution < 1.29 is 31.9 Å². The van der Waals surface area contributed by atoms with E-state index < -0.39 is 82.5 Å². The highest BCUT2D eigenvalue weighted by Gasteiger charge is 2.38. The summed E-state index contributed by atoms with van der Waals surface area (Å²) in [5, 5.41) is 28.9. The number of aryl methyl sites for hydroxylation is 3. The maximum atomic E-state index is 15.5. The summed E-state index contributed by atoms with van der Waals surface area (Å²) in [6, 6.07) is 15.9. The second kappa shape index (κ2) is 40.5. The first-order valence-electron chi connectivity index (χ1n) is 41.3. The summed E-state index contributed by atoms with van der Waals surface area (Å²) in [4.78, 5) is 118. The van der Waals surface area contributed by atoms with E-state index in [1.807, 2.05) is 53.4 Å². The highest BCUT2D eigenvalue weighted by molar-refractivity contribution is 6.54. The van der Waals surface area contributed by atoms with Crippen LogP contribution in [0, 0.1) is 78.0 Å². The van der Waals surface area contributed by atoms with Gasteiger partial charge in [-0.15, -0.1) is 0 Å². The Hall–Kier alpha value is -12.0. The van der Waals surface area contributed by atoms with Crippen LogP contribution in [-0.2, 0) is 14.4 Å². The molecule has 696 valence electrons. The van der Waals surface area contributed by atoms with Crippen molar-refractivity contribution in [3.8, 4) is 69.0 Å². The van der Waals surface area contributed by atoms with Crippen LogP contribution in [0.25, 0.3) is 83.9 Å². The fourth-order valence-electron chi connectivity index (χ4n) is 16.6. The lowest BCUT2D eigenvalue weighted by atomic mass is 10.0. The molecule has 3 fully saturated rings. The topological polar surface area (TPSA) is 363 Å². The number of benzene rings is 3. The van der Waals surface area contributed by atoms with Crippen molar-refractivity contribution in [2.75, 3.05) is 110 Å². The lowest BCUT2D eigenvalue weighted by molar-refractivity contribution is -0.127. The van der Waals surface area contributed by atoms with Gasteiger partial charge in [-0.3, -0.25) is 57.4 Å². The number of nitrogens with two attached hydrogens (primary N) is 3. The summed E-state index contributed by atoms with van der Waals surface area (Å²) in [7, 11) is 0. The van der Waals surface area contributed by atoms with Gasteiger partial charge in [-0.05, 0) is 110 Å². The molecule has 42 heteroatoms. The third kappa shape index (κ3) is 18.0. The third-order valence-corrected chi connectivity index (χ3v) is 27.3. The Morgan fingerprint density at radius 2 is 0.630 bits per heavy atom. The molecule has 0 unspecified atom stereocenters. The van der Waals surface area contributed by atoms with E-state index in [0.717, 1.165) is 5.56 Å². The van der Waals surface area contributed by atoms with Crippen LogP contribution in [0.4, 0.5) is 51.7 Å². The van der Waals surface area contributed by atoms with Gasteiger partial charge in [-0.2, -0.15) is 15.8 Å². The molecule has 6 N–H and O–H groups in total. The predicted octanol–water partition coefficient (Wildman–Crippen LogP) is 20.2. The molecule has 9 aromatic heterocycles. The third-order valence-electron chi connectivity index (χ3n) is 23.2. The van der Waals surface area contributed by atoms with Crippen LogP contribution in [0.5, 0.6) is 0 Å². The van der Waals surface area contributed by atoms with Crippen molar-refractivity contribution in [3.05, 3.63) is 253 Å². The lowest BCUT2D eigenvalue weighted by Gasteiger charge is -2.36. The molecule has 135 heavy (non-hydrogen) atoms. The molecule has 3 aromatic carbocycles. The molecular formula is C93H78Cl11F4N21O6. The molecule has 12 aromatic rings. The number of aromatic nitrogens is 9. The molecule has 0 atom stereocenters. The predicted molar refractivity (Wildman–Crippen MR) is 527 cm³/mol. The van der Waals surface area contributed by atoms with Gasteiger partial charge in [0.1, 0.15) is 71.9 Å². The molecule has 3 saturated heterocycles. The molecule has 0 radical (unpaired) electrons. The highest BCUT2D eigenvalue weighted by Crippen LogP contribution is 2.52. The summed E-state index contributed by atoms with van der Waals surface area (Å²) in [6.45, 7) is 31.3. The quantitative estimate of drug-likeness (QED) is 0.0282.